The zero-order valence-electron chi connectivity index (χ0n) is 10.3. The summed E-state index contributed by atoms with van der Waals surface area (Å²) in [6.45, 7) is 8.14. The van der Waals surface area contributed by atoms with Gasteiger partial charge in [0.1, 0.15) is 6.07 Å². The van der Waals surface area contributed by atoms with E-state index in [4.69, 9.17) is 5.26 Å². The Bertz CT molecular complexity index is 466. The van der Waals surface area contributed by atoms with Gasteiger partial charge in [-0.1, -0.05) is 19.6 Å². The summed E-state index contributed by atoms with van der Waals surface area (Å²) >= 11 is 0. The molecular weight excluding hydrogens is 238 g/mol. The molecule has 0 bridgehead atoms. The van der Waals surface area contributed by atoms with Crippen LogP contribution >= 0.6 is 0 Å². The molecule has 0 saturated heterocycles. The van der Waals surface area contributed by atoms with E-state index >= 15 is 0 Å². The molecule has 1 atom stereocenters. The van der Waals surface area contributed by atoms with Crippen LogP contribution in [0.1, 0.15) is 27.2 Å². The third-order valence-corrected chi connectivity index (χ3v) is 4.20. The largest absolute Gasteiger partial charge is 0.293 e. The van der Waals surface area contributed by atoms with E-state index in [2.05, 4.69) is 6.58 Å². The molecule has 1 unspecified atom stereocenters. The van der Waals surface area contributed by atoms with E-state index in [9.17, 15) is 13.2 Å². The number of hydrogen-bond donors (Lipinski definition) is 0. The average Bonchev–Trinajstić information content (AvgIpc) is 2.26. The molecule has 0 spiro atoms. The Labute approximate surface area is 103 Å². The van der Waals surface area contributed by atoms with Crippen LogP contribution in [0, 0.1) is 17.2 Å². The Hall–Kier alpha value is -1.41. The number of carbonyl (C=O) groups is 1. The first-order valence-corrected chi connectivity index (χ1v) is 6.87. The minimum Gasteiger partial charge on any atom is -0.293 e. The van der Waals surface area contributed by atoms with E-state index in [0.29, 0.717) is 0 Å². The third-order valence-electron chi connectivity index (χ3n) is 2.31. The molecule has 0 aliphatic rings. The van der Waals surface area contributed by atoms with Crippen molar-refractivity contribution in [2.75, 3.05) is 0 Å². The Morgan fingerprint density at radius 2 is 1.94 bits per heavy atom. The predicted molar refractivity (Wildman–Crippen MR) is 66.7 cm³/mol. The van der Waals surface area contributed by atoms with E-state index in [1.807, 2.05) is 0 Å². The van der Waals surface area contributed by atoms with Crippen LogP contribution in [0.15, 0.2) is 23.6 Å². The Kier molecular flexibility index (Phi) is 5.83. The van der Waals surface area contributed by atoms with Gasteiger partial charge in [0, 0.05) is 11.3 Å². The molecule has 0 N–H and O–H groups in total. The Morgan fingerprint density at radius 3 is 2.35 bits per heavy atom. The Balaban J connectivity index is 4.52. The van der Waals surface area contributed by atoms with Crippen LogP contribution in [0.2, 0.25) is 0 Å². The number of hydrogen-bond acceptors (Lipinski definition) is 4. The van der Waals surface area contributed by atoms with Crippen LogP contribution in [0.25, 0.3) is 0 Å². The number of nitrogens with zero attached hydrogens (tertiary/aromatic N) is 1. The van der Waals surface area contributed by atoms with Gasteiger partial charge in [-0.05, 0) is 20.3 Å². The van der Waals surface area contributed by atoms with Crippen LogP contribution in [0.4, 0.5) is 0 Å². The second-order valence-corrected chi connectivity index (χ2v) is 6.49. The molecule has 94 valence electrons. The highest BCUT2D eigenvalue weighted by atomic mass is 32.2. The van der Waals surface area contributed by atoms with E-state index in [0.717, 1.165) is 5.41 Å². The van der Waals surface area contributed by atoms with Gasteiger partial charge in [0.25, 0.3) is 0 Å². The summed E-state index contributed by atoms with van der Waals surface area (Å²) in [5.74, 6) is -0.778. The van der Waals surface area contributed by atoms with Gasteiger partial charge < -0.3 is 0 Å². The fraction of sp³-hybridized carbons (Fsp3) is 0.500. The van der Waals surface area contributed by atoms with Crippen molar-refractivity contribution in [3.63, 3.8) is 0 Å². The minimum atomic E-state index is -3.22. The quantitative estimate of drug-likeness (QED) is 0.537. The van der Waals surface area contributed by atoms with Crippen molar-refractivity contribution in [2.45, 2.75) is 32.4 Å². The second kappa shape index (κ2) is 6.36. The van der Waals surface area contributed by atoms with E-state index < -0.39 is 21.0 Å². The van der Waals surface area contributed by atoms with E-state index in [1.54, 1.807) is 26.8 Å². The summed E-state index contributed by atoms with van der Waals surface area (Å²) < 4.78 is 22.9. The zero-order chi connectivity index (χ0) is 13.6. The van der Waals surface area contributed by atoms with Crippen molar-refractivity contribution in [3.05, 3.63) is 23.6 Å². The SMILES string of the molecule is C=C(C#N)C(=O)C(C)CC=CS(=O)(=O)C(C)C. The molecule has 0 fully saturated rings. The molecule has 4 nitrogen and oxygen atoms in total. The van der Waals surface area contributed by atoms with Crippen molar-refractivity contribution in [2.24, 2.45) is 5.92 Å². The highest BCUT2D eigenvalue weighted by molar-refractivity contribution is 7.94. The van der Waals surface area contributed by atoms with Gasteiger partial charge in [0.15, 0.2) is 15.6 Å². The smallest absolute Gasteiger partial charge is 0.175 e. The maximum absolute atomic E-state index is 11.5. The van der Waals surface area contributed by atoms with Crippen molar-refractivity contribution >= 4 is 15.6 Å². The molecule has 0 radical (unpaired) electrons. The predicted octanol–water partition coefficient (Wildman–Crippen LogP) is 2.00. The summed E-state index contributed by atoms with van der Waals surface area (Å²) in [6.07, 6.45) is 1.73. The third kappa shape index (κ3) is 4.96. The lowest BCUT2D eigenvalue weighted by Gasteiger charge is -2.06. The molecule has 17 heavy (non-hydrogen) atoms. The fourth-order valence-electron chi connectivity index (χ4n) is 1.01. The first kappa shape index (κ1) is 15.6. The lowest BCUT2D eigenvalue weighted by atomic mass is 9.98. The first-order valence-electron chi connectivity index (χ1n) is 5.26. The highest BCUT2D eigenvalue weighted by Crippen LogP contribution is 2.11. The normalized spacial score (nSPS) is 13.6. The zero-order valence-corrected chi connectivity index (χ0v) is 11.1. The molecule has 0 aromatic carbocycles. The van der Waals surface area contributed by atoms with Crippen molar-refractivity contribution < 1.29 is 13.2 Å². The molecule has 0 aliphatic heterocycles. The van der Waals surface area contributed by atoms with Gasteiger partial charge in [0.2, 0.25) is 0 Å². The Morgan fingerprint density at radius 1 is 1.41 bits per heavy atom. The van der Waals surface area contributed by atoms with E-state index in [-0.39, 0.29) is 17.8 Å². The maximum atomic E-state index is 11.5. The molecule has 5 heteroatoms. The van der Waals surface area contributed by atoms with Crippen molar-refractivity contribution in [3.8, 4) is 6.07 Å². The van der Waals surface area contributed by atoms with Gasteiger partial charge in [-0.2, -0.15) is 5.26 Å². The maximum Gasteiger partial charge on any atom is 0.175 e. The monoisotopic (exact) mass is 255 g/mol. The molecule has 0 aromatic heterocycles. The molecule has 0 amide bonds. The minimum absolute atomic E-state index is 0.0994. The number of carbonyl (C=O) groups excluding carboxylic acids is 1. The van der Waals surface area contributed by atoms with Gasteiger partial charge >= 0.3 is 0 Å². The summed E-state index contributed by atoms with van der Waals surface area (Å²) in [5.41, 5.74) is -0.0994. The fourth-order valence-corrected chi connectivity index (χ4v) is 1.70. The highest BCUT2D eigenvalue weighted by Gasteiger charge is 2.16. The van der Waals surface area contributed by atoms with Crippen LogP contribution in [0.3, 0.4) is 0 Å². The second-order valence-electron chi connectivity index (χ2n) is 4.10. The van der Waals surface area contributed by atoms with E-state index in [1.165, 1.54) is 6.08 Å². The van der Waals surface area contributed by atoms with Gasteiger partial charge in [0.05, 0.1) is 10.8 Å². The van der Waals surface area contributed by atoms with Crippen LogP contribution in [-0.2, 0) is 14.6 Å². The average molecular weight is 255 g/mol. The lowest BCUT2D eigenvalue weighted by Crippen LogP contribution is -2.12. The molecule has 0 rings (SSSR count). The van der Waals surface area contributed by atoms with Gasteiger partial charge in [-0.15, -0.1) is 0 Å². The van der Waals surface area contributed by atoms with Gasteiger partial charge in [-0.3, -0.25) is 4.79 Å². The molecule has 0 heterocycles. The number of nitriles is 1. The first-order chi connectivity index (χ1) is 7.72. The van der Waals surface area contributed by atoms with Crippen LogP contribution < -0.4 is 0 Å². The summed E-state index contributed by atoms with van der Waals surface area (Å²) in [6, 6.07) is 1.68. The number of rotatable bonds is 6. The number of sulfone groups is 1. The van der Waals surface area contributed by atoms with Crippen molar-refractivity contribution in [1.29, 1.82) is 5.26 Å². The summed E-state index contributed by atoms with van der Waals surface area (Å²) in [7, 11) is -3.22. The number of allylic oxidation sites excluding steroid dienone is 2. The van der Waals surface area contributed by atoms with Crippen molar-refractivity contribution in [1.82, 2.24) is 0 Å². The van der Waals surface area contributed by atoms with Gasteiger partial charge in [-0.25, -0.2) is 8.42 Å². The summed E-state index contributed by atoms with van der Waals surface area (Å²) in [5, 5.41) is 9.15. The summed E-state index contributed by atoms with van der Waals surface area (Å²) in [4.78, 5) is 11.5. The van der Waals surface area contributed by atoms with Crippen LogP contribution in [-0.4, -0.2) is 19.5 Å². The molecular formula is C12H17NO3S. The molecule has 0 aromatic rings. The van der Waals surface area contributed by atoms with Crippen LogP contribution in [0.5, 0.6) is 0 Å². The number of Topliss-reactive ketones (excluding diaryl/α,β-unsaturated/α-hetero) is 1. The topological polar surface area (TPSA) is 75.0 Å². The lowest BCUT2D eigenvalue weighted by molar-refractivity contribution is -0.118. The standard InChI is InChI=1S/C12H17NO3S/c1-9(2)17(15,16)7-5-6-10(3)12(14)11(4)8-13/h5,7,9-10H,4,6H2,1-3H3. The molecule has 0 saturated carbocycles. The number of ketones is 1. The molecule has 0 aliphatic carbocycles.